The first-order chi connectivity index (χ1) is 14.3. The summed E-state index contributed by atoms with van der Waals surface area (Å²) in [5.41, 5.74) is 2.90. The number of benzene rings is 2. The summed E-state index contributed by atoms with van der Waals surface area (Å²) in [6.45, 7) is 8.49. The fraction of sp³-hybridized carbons (Fsp3) is 0.348. The van der Waals surface area contributed by atoms with Gasteiger partial charge < -0.3 is 4.74 Å². The van der Waals surface area contributed by atoms with E-state index in [1.165, 1.54) is 15.6 Å². The molecule has 0 aliphatic rings. The van der Waals surface area contributed by atoms with Crippen LogP contribution in [0.3, 0.4) is 0 Å². The Bertz CT molecular complexity index is 1080. The normalized spacial score (nSPS) is 12.8. The molecule has 0 fully saturated rings. The molecule has 1 heterocycles. The lowest BCUT2D eigenvalue weighted by atomic mass is 10.2. The third-order valence-corrected chi connectivity index (χ3v) is 7.82. The molecule has 1 aromatic heterocycles. The Hall–Kier alpha value is -2.22. The molecule has 160 valence electrons. The smallest absolute Gasteiger partial charge is 0.243 e. The predicted octanol–water partition coefficient (Wildman–Crippen LogP) is 5.33. The van der Waals surface area contributed by atoms with Crippen LogP contribution in [0.4, 0.5) is 0 Å². The highest BCUT2D eigenvalue weighted by molar-refractivity contribution is 7.89. The van der Waals surface area contributed by atoms with Crippen molar-refractivity contribution in [1.29, 1.82) is 0 Å². The zero-order valence-corrected chi connectivity index (χ0v) is 19.5. The molecular weight excluding hydrogens is 416 g/mol. The number of nitrogens with zero attached hydrogens (tertiary/aromatic N) is 2. The highest BCUT2D eigenvalue weighted by Gasteiger charge is 2.29. The lowest BCUT2D eigenvalue weighted by Gasteiger charge is -2.27. The van der Waals surface area contributed by atoms with Gasteiger partial charge in [0.1, 0.15) is 17.4 Å². The Morgan fingerprint density at radius 2 is 1.83 bits per heavy atom. The van der Waals surface area contributed by atoms with Gasteiger partial charge in [0.05, 0.1) is 17.1 Å². The molecule has 0 bridgehead atoms. The van der Waals surface area contributed by atoms with Crippen LogP contribution in [0.2, 0.25) is 0 Å². The first kappa shape index (κ1) is 22.5. The highest BCUT2D eigenvalue weighted by atomic mass is 32.2. The topological polar surface area (TPSA) is 59.5 Å². The molecule has 0 radical (unpaired) electrons. The summed E-state index contributed by atoms with van der Waals surface area (Å²) in [6, 6.07) is 14.7. The minimum absolute atomic E-state index is 0.134. The molecule has 1 atom stereocenters. The van der Waals surface area contributed by atoms with Crippen molar-refractivity contribution in [2.75, 3.05) is 0 Å². The Morgan fingerprint density at radius 1 is 1.10 bits per heavy atom. The molecule has 30 heavy (non-hydrogen) atoms. The second-order valence-corrected chi connectivity index (χ2v) is 10.3. The summed E-state index contributed by atoms with van der Waals surface area (Å²) >= 11 is 1.49. The van der Waals surface area contributed by atoms with Crippen molar-refractivity contribution in [3.63, 3.8) is 0 Å². The van der Waals surface area contributed by atoms with E-state index in [1.54, 1.807) is 12.1 Å². The van der Waals surface area contributed by atoms with Crippen LogP contribution in [0.1, 0.15) is 42.1 Å². The second-order valence-electron chi connectivity index (χ2n) is 7.46. The van der Waals surface area contributed by atoms with Gasteiger partial charge in [-0.05, 0) is 57.0 Å². The molecule has 0 aliphatic carbocycles. The SMILES string of the molecule is CC[C@@H](C)N(Cc1csc(COc2cccc(C)c2)n1)S(=O)(=O)c1ccc(C)cc1. The number of rotatable bonds is 9. The molecule has 0 unspecified atom stereocenters. The van der Waals surface area contributed by atoms with E-state index in [-0.39, 0.29) is 12.6 Å². The summed E-state index contributed by atoms with van der Waals surface area (Å²) in [6.07, 6.45) is 0.721. The number of sulfonamides is 1. The Morgan fingerprint density at radius 3 is 2.50 bits per heavy atom. The summed E-state index contributed by atoms with van der Waals surface area (Å²) in [5, 5.41) is 2.73. The molecule has 0 saturated heterocycles. The number of ether oxygens (including phenoxy) is 1. The van der Waals surface area contributed by atoms with Crippen molar-refractivity contribution in [3.8, 4) is 5.75 Å². The van der Waals surface area contributed by atoms with Crippen molar-refractivity contribution in [3.05, 3.63) is 75.7 Å². The predicted molar refractivity (Wildman–Crippen MR) is 121 cm³/mol. The van der Waals surface area contributed by atoms with Gasteiger partial charge in [0.15, 0.2) is 0 Å². The number of thiazole rings is 1. The molecule has 0 aliphatic heterocycles. The van der Waals surface area contributed by atoms with Crippen molar-refractivity contribution >= 4 is 21.4 Å². The average Bonchev–Trinajstić information content (AvgIpc) is 3.18. The number of aryl methyl sites for hydroxylation is 2. The van der Waals surface area contributed by atoms with E-state index in [0.717, 1.165) is 34.0 Å². The minimum atomic E-state index is -3.61. The second kappa shape index (κ2) is 9.73. The lowest BCUT2D eigenvalue weighted by molar-refractivity contribution is 0.302. The van der Waals surface area contributed by atoms with E-state index >= 15 is 0 Å². The van der Waals surface area contributed by atoms with Gasteiger partial charge in [0.2, 0.25) is 10.0 Å². The Labute approximate surface area is 183 Å². The van der Waals surface area contributed by atoms with E-state index in [9.17, 15) is 8.42 Å². The molecule has 0 N–H and O–H groups in total. The van der Waals surface area contributed by atoms with Crippen LogP contribution in [-0.2, 0) is 23.2 Å². The maximum Gasteiger partial charge on any atom is 0.243 e. The minimum Gasteiger partial charge on any atom is -0.486 e. The van der Waals surface area contributed by atoms with E-state index in [4.69, 9.17) is 4.74 Å². The average molecular weight is 445 g/mol. The Balaban J connectivity index is 1.75. The monoisotopic (exact) mass is 444 g/mol. The molecule has 0 amide bonds. The van der Waals surface area contributed by atoms with Crippen molar-refractivity contribution in [2.45, 2.75) is 58.2 Å². The Kier molecular flexibility index (Phi) is 7.28. The first-order valence-electron chi connectivity index (χ1n) is 10.0. The van der Waals surface area contributed by atoms with Crippen LogP contribution in [-0.4, -0.2) is 23.7 Å². The van der Waals surface area contributed by atoms with Crippen LogP contribution in [0.15, 0.2) is 58.8 Å². The van der Waals surface area contributed by atoms with Gasteiger partial charge in [-0.3, -0.25) is 0 Å². The fourth-order valence-corrected chi connectivity index (χ4v) is 5.40. The molecule has 0 spiro atoms. The van der Waals surface area contributed by atoms with E-state index < -0.39 is 10.0 Å². The van der Waals surface area contributed by atoms with Crippen molar-refractivity contribution < 1.29 is 13.2 Å². The van der Waals surface area contributed by atoms with Crippen LogP contribution in [0, 0.1) is 13.8 Å². The summed E-state index contributed by atoms with van der Waals surface area (Å²) in [7, 11) is -3.61. The highest BCUT2D eigenvalue weighted by Crippen LogP contribution is 2.24. The van der Waals surface area contributed by atoms with E-state index in [0.29, 0.717) is 11.5 Å². The number of hydrogen-bond acceptors (Lipinski definition) is 5. The van der Waals surface area contributed by atoms with E-state index in [2.05, 4.69) is 4.98 Å². The lowest BCUT2D eigenvalue weighted by Crippen LogP contribution is -2.37. The van der Waals surface area contributed by atoms with Crippen LogP contribution in [0.25, 0.3) is 0 Å². The summed E-state index contributed by atoms with van der Waals surface area (Å²) in [4.78, 5) is 4.92. The molecule has 0 saturated carbocycles. The molecule has 2 aromatic carbocycles. The van der Waals surface area contributed by atoms with Crippen molar-refractivity contribution in [2.24, 2.45) is 0 Å². The van der Waals surface area contributed by atoms with Gasteiger partial charge in [-0.2, -0.15) is 4.31 Å². The third-order valence-electron chi connectivity index (χ3n) is 4.98. The largest absolute Gasteiger partial charge is 0.486 e. The standard InChI is InChI=1S/C23H28N2O3S2/c1-5-19(4)25(30(26,27)22-11-9-17(2)10-12-22)14-20-16-29-23(24-20)15-28-21-8-6-7-18(3)13-21/h6-13,16,19H,5,14-15H2,1-4H3/t19-/m1/s1. The van der Waals surface area contributed by atoms with Crippen LogP contribution in [0.5, 0.6) is 5.75 Å². The van der Waals surface area contributed by atoms with Crippen molar-refractivity contribution in [1.82, 2.24) is 9.29 Å². The van der Waals surface area contributed by atoms with Gasteiger partial charge in [-0.15, -0.1) is 11.3 Å². The molecule has 7 heteroatoms. The first-order valence-corrected chi connectivity index (χ1v) is 12.3. The van der Waals surface area contributed by atoms with Gasteiger partial charge in [0.25, 0.3) is 0 Å². The van der Waals surface area contributed by atoms with Gasteiger partial charge in [-0.25, -0.2) is 13.4 Å². The zero-order chi connectivity index (χ0) is 21.7. The quantitative estimate of drug-likeness (QED) is 0.448. The van der Waals surface area contributed by atoms with Gasteiger partial charge in [0, 0.05) is 11.4 Å². The molecule has 3 rings (SSSR count). The summed E-state index contributed by atoms with van der Waals surface area (Å²) < 4.78 is 33.9. The van der Waals surface area contributed by atoms with Crippen LogP contribution < -0.4 is 4.74 Å². The van der Waals surface area contributed by atoms with Gasteiger partial charge >= 0.3 is 0 Å². The number of aromatic nitrogens is 1. The molecular formula is C23H28N2O3S2. The van der Waals surface area contributed by atoms with Gasteiger partial charge in [-0.1, -0.05) is 36.8 Å². The zero-order valence-electron chi connectivity index (χ0n) is 17.8. The number of hydrogen-bond donors (Lipinski definition) is 0. The third kappa shape index (κ3) is 5.47. The molecule has 3 aromatic rings. The molecule has 5 nitrogen and oxygen atoms in total. The van der Waals surface area contributed by atoms with E-state index in [1.807, 2.05) is 69.5 Å². The maximum atomic E-state index is 13.3. The maximum absolute atomic E-state index is 13.3. The summed E-state index contributed by atoms with van der Waals surface area (Å²) in [5.74, 6) is 0.801. The fourth-order valence-electron chi connectivity index (χ4n) is 3.02. The van der Waals surface area contributed by atoms with Crippen LogP contribution >= 0.6 is 11.3 Å².